The molecule has 0 aliphatic carbocycles. The number of benzene rings is 2. The molecule has 0 aliphatic rings. The number of ether oxygens (including phenoxy) is 1. The van der Waals surface area contributed by atoms with Gasteiger partial charge in [0.05, 0.1) is 19.1 Å². The van der Waals surface area contributed by atoms with E-state index in [4.69, 9.17) is 4.74 Å². The number of rotatable bonds is 5. The summed E-state index contributed by atoms with van der Waals surface area (Å²) in [5, 5.41) is 10.6. The summed E-state index contributed by atoms with van der Waals surface area (Å²) in [7, 11) is 3.54. The number of para-hydroxylation sites is 1. The molecule has 24 heavy (non-hydrogen) atoms. The van der Waals surface area contributed by atoms with Crippen molar-refractivity contribution in [1.82, 2.24) is 4.57 Å². The summed E-state index contributed by atoms with van der Waals surface area (Å²) in [5.41, 5.74) is 2.55. The van der Waals surface area contributed by atoms with E-state index in [9.17, 15) is 10.1 Å². The topological polar surface area (TPSA) is 55.0 Å². The van der Waals surface area contributed by atoms with Crippen molar-refractivity contribution < 1.29 is 9.53 Å². The number of nitrogens with zero attached hydrogens (tertiary/aromatic N) is 2. The van der Waals surface area contributed by atoms with Crippen LogP contribution in [0.4, 0.5) is 0 Å². The molecule has 0 saturated heterocycles. The minimum absolute atomic E-state index is 0.0443. The molecule has 0 amide bonds. The van der Waals surface area contributed by atoms with Gasteiger partial charge in [0.15, 0.2) is 5.78 Å². The fourth-order valence-electron chi connectivity index (χ4n) is 2.96. The first-order valence-corrected chi connectivity index (χ1v) is 7.75. The Morgan fingerprint density at radius 2 is 1.92 bits per heavy atom. The predicted octanol–water partition coefficient (Wildman–Crippen LogP) is 4.07. The molecule has 0 bridgehead atoms. The van der Waals surface area contributed by atoms with E-state index in [-0.39, 0.29) is 12.2 Å². The number of fused-ring (bicyclic) bond motifs is 1. The molecule has 0 fully saturated rings. The normalized spacial score (nSPS) is 11.9. The Morgan fingerprint density at radius 3 is 2.58 bits per heavy atom. The van der Waals surface area contributed by atoms with E-state index in [1.807, 2.05) is 42.1 Å². The van der Waals surface area contributed by atoms with E-state index < -0.39 is 5.92 Å². The average Bonchev–Trinajstić information content (AvgIpc) is 2.96. The van der Waals surface area contributed by atoms with Crippen molar-refractivity contribution in [2.75, 3.05) is 7.11 Å². The molecular weight excluding hydrogens is 300 g/mol. The lowest BCUT2D eigenvalue weighted by Gasteiger charge is -2.08. The molecule has 0 aliphatic heterocycles. The molecule has 0 spiro atoms. The summed E-state index contributed by atoms with van der Waals surface area (Å²) in [5.74, 6) is 0.195. The molecule has 3 aromatic rings. The van der Waals surface area contributed by atoms with Gasteiger partial charge >= 0.3 is 0 Å². The second-order valence-corrected chi connectivity index (χ2v) is 5.75. The van der Waals surface area contributed by atoms with Crippen LogP contribution in [0.3, 0.4) is 0 Å². The van der Waals surface area contributed by atoms with Crippen molar-refractivity contribution >= 4 is 16.7 Å². The minimum Gasteiger partial charge on any atom is -0.497 e. The van der Waals surface area contributed by atoms with Crippen LogP contribution in [0.1, 0.15) is 28.3 Å². The van der Waals surface area contributed by atoms with Gasteiger partial charge in [-0.1, -0.05) is 18.2 Å². The lowest BCUT2D eigenvalue weighted by molar-refractivity contribution is 0.0979. The molecule has 0 N–H and O–H groups in total. The van der Waals surface area contributed by atoms with Gasteiger partial charge in [-0.3, -0.25) is 4.79 Å². The summed E-state index contributed by atoms with van der Waals surface area (Å²) in [6.07, 6.45) is 2.11. The monoisotopic (exact) mass is 318 g/mol. The van der Waals surface area contributed by atoms with E-state index in [0.717, 1.165) is 16.5 Å². The van der Waals surface area contributed by atoms with Gasteiger partial charge in [-0.2, -0.15) is 5.26 Å². The highest BCUT2D eigenvalue weighted by Crippen LogP contribution is 2.30. The van der Waals surface area contributed by atoms with Crippen LogP contribution < -0.4 is 4.74 Å². The molecule has 1 unspecified atom stereocenters. The van der Waals surface area contributed by atoms with E-state index in [1.165, 1.54) is 0 Å². The zero-order valence-corrected chi connectivity index (χ0v) is 13.7. The number of carbonyl (C=O) groups excluding carboxylic acids is 1. The van der Waals surface area contributed by atoms with Gasteiger partial charge in [-0.05, 0) is 35.9 Å². The largest absolute Gasteiger partial charge is 0.497 e. The third-order valence-corrected chi connectivity index (χ3v) is 4.26. The van der Waals surface area contributed by atoms with E-state index >= 15 is 0 Å². The molecule has 4 heteroatoms. The highest BCUT2D eigenvalue weighted by molar-refractivity contribution is 5.97. The first-order valence-electron chi connectivity index (χ1n) is 7.75. The molecule has 1 heterocycles. The van der Waals surface area contributed by atoms with E-state index in [0.29, 0.717) is 11.3 Å². The Kier molecular flexibility index (Phi) is 4.35. The van der Waals surface area contributed by atoms with Crippen LogP contribution >= 0.6 is 0 Å². The second-order valence-electron chi connectivity index (χ2n) is 5.75. The summed E-state index contributed by atoms with van der Waals surface area (Å²) >= 11 is 0. The molecular formula is C20H18N2O2. The summed E-state index contributed by atoms with van der Waals surface area (Å²) in [4.78, 5) is 12.5. The second kappa shape index (κ2) is 6.59. The van der Waals surface area contributed by atoms with Gasteiger partial charge in [0.1, 0.15) is 5.75 Å². The highest BCUT2D eigenvalue weighted by Gasteiger charge is 2.20. The van der Waals surface area contributed by atoms with Crippen molar-refractivity contribution in [2.24, 2.45) is 7.05 Å². The maximum atomic E-state index is 12.5. The van der Waals surface area contributed by atoms with Crippen LogP contribution in [-0.4, -0.2) is 17.5 Å². The van der Waals surface area contributed by atoms with Crippen molar-refractivity contribution in [3.63, 3.8) is 0 Å². The number of ketones is 1. The molecule has 0 radical (unpaired) electrons. The van der Waals surface area contributed by atoms with Crippen molar-refractivity contribution in [2.45, 2.75) is 12.3 Å². The number of aryl methyl sites for hydroxylation is 1. The maximum absolute atomic E-state index is 12.5. The first-order chi connectivity index (χ1) is 11.6. The highest BCUT2D eigenvalue weighted by atomic mass is 16.5. The van der Waals surface area contributed by atoms with Crippen LogP contribution in [0.25, 0.3) is 10.9 Å². The minimum atomic E-state index is -0.467. The molecule has 120 valence electrons. The number of aromatic nitrogens is 1. The van der Waals surface area contributed by atoms with Crippen LogP contribution in [0.2, 0.25) is 0 Å². The summed E-state index contributed by atoms with van der Waals surface area (Å²) in [6, 6.07) is 17.2. The average molecular weight is 318 g/mol. The van der Waals surface area contributed by atoms with Crippen molar-refractivity contribution in [3.8, 4) is 11.8 Å². The zero-order valence-electron chi connectivity index (χ0n) is 13.7. The number of hydrogen-bond donors (Lipinski definition) is 0. The Hall–Kier alpha value is -3.06. The van der Waals surface area contributed by atoms with Gasteiger partial charge in [0.25, 0.3) is 0 Å². The van der Waals surface area contributed by atoms with Gasteiger partial charge in [0.2, 0.25) is 0 Å². The molecule has 4 nitrogen and oxygen atoms in total. The van der Waals surface area contributed by atoms with E-state index in [2.05, 4.69) is 6.07 Å². The fourth-order valence-corrected chi connectivity index (χ4v) is 2.96. The number of methoxy groups -OCH3 is 1. The number of hydrogen-bond acceptors (Lipinski definition) is 3. The van der Waals surface area contributed by atoms with Crippen molar-refractivity contribution in [3.05, 3.63) is 65.9 Å². The van der Waals surface area contributed by atoms with Crippen LogP contribution in [-0.2, 0) is 7.05 Å². The molecule has 2 aromatic carbocycles. The lowest BCUT2D eigenvalue weighted by atomic mass is 9.92. The summed E-state index contributed by atoms with van der Waals surface area (Å²) in [6.45, 7) is 0. The van der Waals surface area contributed by atoms with Crippen LogP contribution in [0.5, 0.6) is 5.75 Å². The smallest absolute Gasteiger partial charge is 0.164 e. The summed E-state index contributed by atoms with van der Waals surface area (Å²) < 4.78 is 7.10. The molecule has 1 aromatic heterocycles. The number of carbonyl (C=O) groups is 1. The molecule has 3 rings (SSSR count). The van der Waals surface area contributed by atoms with Gasteiger partial charge in [-0.15, -0.1) is 0 Å². The lowest BCUT2D eigenvalue weighted by Crippen LogP contribution is -2.06. The quantitative estimate of drug-likeness (QED) is 0.666. The predicted molar refractivity (Wildman–Crippen MR) is 93.2 cm³/mol. The third kappa shape index (κ3) is 2.89. The Morgan fingerprint density at radius 1 is 1.21 bits per heavy atom. The first kappa shape index (κ1) is 15.8. The van der Waals surface area contributed by atoms with Crippen molar-refractivity contribution in [1.29, 1.82) is 5.26 Å². The van der Waals surface area contributed by atoms with E-state index in [1.54, 1.807) is 31.4 Å². The number of nitriles is 1. The standard InChI is InChI=1S/C20H18N2O2/c1-22-13-18(17-5-3-4-6-19(17)22)15(12-21)11-20(23)14-7-9-16(24-2)10-8-14/h3-10,13,15H,11H2,1-2H3. The molecule has 1 atom stereocenters. The Labute approximate surface area is 140 Å². The SMILES string of the molecule is COc1ccc(C(=O)CC(C#N)c2cn(C)c3ccccc23)cc1. The van der Waals surface area contributed by atoms with Gasteiger partial charge in [-0.25, -0.2) is 0 Å². The van der Waals surface area contributed by atoms with Gasteiger partial charge in [0, 0.05) is 36.1 Å². The molecule has 0 saturated carbocycles. The maximum Gasteiger partial charge on any atom is 0.164 e. The van der Waals surface area contributed by atoms with Gasteiger partial charge < -0.3 is 9.30 Å². The Bertz CT molecular complexity index is 917. The van der Waals surface area contributed by atoms with Crippen LogP contribution in [0, 0.1) is 11.3 Å². The number of Topliss-reactive ketones (excluding diaryl/α,β-unsaturated/α-hetero) is 1. The fraction of sp³-hybridized carbons (Fsp3) is 0.200. The third-order valence-electron chi connectivity index (χ3n) is 4.26. The van der Waals surface area contributed by atoms with Crippen LogP contribution in [0.15, 0.2) is 54.7 Å². The zero-order chi connectivity index (χ0) is 17.1. The Balaban J connectivity index is 1.88.